The fraction of sp³-hybridized carbons (Fsp3) is 0. The molecule has 0 atom stereocenters. The number of aromatic nitrogens is 4. The van der Waals surface area contributed by atoms with Crippen LogP contribution in [0, 0.1) is 6.20 Å². The quantitative estimate of drug-likeness (QED) is 0.513. The Morgan fingerprint density at radius 1 is 1.10 bits per heavy atom. The van der Waals surface area contributed by atoms with Crippen molar-refractivity contribution in [1.82, 2.24) is 20.2 Å². The summed E-state index contributed by atoms with van der Waals surface area (Å²) in [4.78, 5) is 7.85. The molecule has 2 aromatic rings. The van der Waals surface area contributed by atoms with Gasteiger partial charge in [0.1, 0.15) is 17.2 Å². The van der Waals surface area contributed by atoms with Crippen LogP contribution < -0.4 is 0 Å². The van der Waals surface area contributed by atoms with E-state index in [9.17, 15) is 0 Å². The maximum absolute atomic E-state index is 3.96. The second-order valence-corrected chi connectivity index (χ2v) is 1.76. The van der Waals surface area contributed by atoms with Crippen LogP contribution in [0.1, 0.15) is 0 Å². The number of nitrogens with zero attached hydrogens (tertiary/aromatic N) is 4. The minimum absolute atomic E-state index is 0.720. The molecule has 0 saturated heterocycles. The van der Waals surface area contributed by atoms with Crippen molar-refractivity contribution in [1.29, 1.82) is 0 Å². The van der Waals surface area contributed by atoms with Gasteiger partial charge in [-0.05, 0) is 0 Å². The summed E-state index contributed by atoms with van der Waals surface area (Å²) in [7, 11) is 0. The summed E-state index contributed by atoms with van der Waals surface area (Å²) >= 11 is 0. The van der Waals surface area contributed by atoms with Crippen LogP contribution in [0.3, 0.4) is 0 Å². The first kappa shape index (κ1) is 5.22. The maximum atomic E-state index is 3.96. The molecule has 1 radical (unpaired) electrons. The number of rotatable bonds is 0. The van der Waals surface area contributed by atoms with Gasteiger partial charge in [0, 0.05) is 0 Å². The SMILES string of the molecule is [c]1cnc2cnncc2n1. The molecular weight excluding hydrogens is 128 g/mol. The van der Waals surface area contributed by atoms with E-state index in [0.29, 0.717) is 0 Å². The molecule has 0 bridgehead atoms. The molecule has 0 aliphatic carbocycles. The van der Waals surface area contributed by atoms with Crippen LogP contribution in [0.4, 0.5) is 0 Å². The van der Waals surface area contributed by atoms with Crippen molar-refractivity contribution in [3.8, 4) is 0 Å². The lowest BCUT2D eigenvalue weighted by molar-refractivity contribution is 1.03. The zero-order chi connectivity index (χ0) is 6.81. The lowest BCUT2D eigenvalue weighted by Crippen LogP contribution is -1.85. The minimum atomic E-state index is 0.720. The topological polar surface area (TPSA) is 51.6 Å². The van der Waals surface area contributed by atoms with Crippen LogP contribution in [0.5, 0.6) is 0 Å². The highest BCUT2D eigenvalue weighted by atomic mass is 15.1. The summed E-state index contributed by atoms with van der Waals surface area (Å²) in [6.07, 6.45) is 7.23. The first-order valence-corrected chi connectivity index (χ1v) is 2.76. The molecular formula is C6H3N4. The van der Waals surface area contributed by atoms with Crippen molar-refractivity contribution in [3.63, 3.8) is 0 Å². The van der Waals surface area contributed by atoms with Crippen molar-refractivity contribution in [2.75, 3.05) is 0 Å². The van der Waals surface area contributed by atoms with Gasteiger partial charge in [0.15, 0.2) is 0 Å². The second kappa shape index (κ2) is 1.98. The summed E-state index contributed by atoms with van der Waals surface area (Å²) in [6, 6.07) is 0. The average Bonchev–Trinajstić information content (AvgIpc) is 2.05. The van der Waals surface area contributed by atoms with Gasteiger partial charge in [-0.2, -0.15) is 10.2 Å². The Bertz CT molecular complexity index is 281. The maximum Gasteiger partial charge on any atom is 0.111 e. The lowest BCUT2D eigenvalue weighted by atomic mass is 10.4. The summed E-state index contributed by atoms with van der Waals surface area (Å²) in [5.74, 6) is 0. The van der Waals surface area contributed by atoms with Gasteiger partial charge in [-0.1, -0.05) is 0 Å². The van der Waals surface area contributed by atoms with Crippen LogP contribution in [-0.2, 0) is 0 Å². The molecule has 0 unspecified atom stereocenters. The van der Waals surface area contributed by atoms with E-state index in [-0.39, 0.29) is 0 Å². The Kier molecular flexibility index (Phi) is 1.04. The van der Waals surface area contributed by atoms with E-state index in [1.54, 1.807) is 12.4 Å². The van der Waals surface area contributed by atoms with Gasteiger partial charge < -0.3 is 0 Å². The highest BCUT2D eigenvalue weighted by molar-refractivity contribution is 5.70. The fourth-order valence-electron chi connectivity index (χ4n) is 0.691. The van der Waals surface area contributed by atoms with E-state index in [1.807, 2.05) is 0 Å². The standard InChI is InChI=1S/C6H3N4/c1-2-8-6-4-10-9-3-5(6)7-1/h1,3-4H. The number of hydrogen-bond donors (Lipinski definition) is 0. The van der Waals surface area contributed by atoms with Crippen LogP contribution in [0.2, 0.25) is 0 Å². The third kappa shape index (κ3) is 0.699. The summed E-state index contributed by atoms with van der Waals surface area (Å²) in [5.41, 5.74) is 1.46. The first-order valence-electron chi connectivity index (χ1n) is 2.76. The van der Waals surface area contributed by atoms with E-state index in [2.05, 4.69) is 26.4 Å². The van der Waals surface area contributed by atoms with E-state index < -0.39 is 0 Å². The molecule has 0 spiro atoms. The van der Waals surface area contributed by atoms with Gasteiger partial charge in [0.25, 0.3) is 0 Å². The van der Waals surface area contributed by atoms with Gasteiger partial charge in [0.2, 0.25) is 0 Å². The first-order chi connectivity index (χ1) is 4.97. The van der Waals surface area contributed by atoms with Crippen molar-refractivity contribution in [2.24, 2.45) is 0 Å². The average molecular weight is 131 g/mol. The Morgan fingerprint density at radius 3 is 2.70 bits per heavy atom. The Balaban J connectivity index is 2.89. The monoisotopic (exact) mass is 131 g/mol. The number of hydrogen-bond acceptors (Lipinski definition) is 4. The zero-order valence-electron chi connectivity index (χ0n) is 5.02. The van der Waals surface area contributed by atoms with E-state index >= 15 is 0 Å². The van der Waals surface area contributed by atoms with Crippen molar-refractivity contribution < 1.29 is 0 Å². The highest BCUT2D eigenvalue weighted by Crippen LogP contribution is 1.99. The van der Waals surface area contributed by atoms with Crippen LogP contribution in [-0.4, -0.2) is 20.2 Å². The summed E-state index contributed by atoms with van der Waals surface area (Å²) < 4.78 is 0. The Hall–Kier alpha value is -1.58. The third-order valence-electron chi connectivity index (χ3n) is 1.14. The van der Waals surface area contributed by atoms with Crippen LogP contribution >= 0.6 is 0 Å². The normalized spacial score (nSPS) is 10.0. The van der Waals surface area contributed by atoms with Crippen molar-refractivity contribution in [3.05, 3.63) is 24.8 Å². The summed E-state index contributed by atoms with van der Waals surface area (Å²) in [5, 5.41) is 7.29. The van der Waals surface area contributed by atoms with Crippen LogP contribution in [0.25, 0.3) is 11.0 Å². The van der Waals surface area contributed by atoms with Gasteiger partial charge >= 0.3 is 0 Å². The molecule has 0 aromatic carbocycles. The summed E-state index contributed by atoms with van der Waals surface area (Å²) in [6.45, 7) is 0. The molecule has 2 aromatic heterocycles. The molecule has 2 rings (SSSR count). The second-order valence-electron chi connectivity index (χ2n) is 1.76. The fourth-order valence-corrected chi connectivity index (χ4v) is 0.691. The highest BCUT2D eigenvalue weighted by Gasteiger charge is 1.90. The van der Waals surface area contributed by atoms with E-state index in [4.69, 9.17) is 0 Å². The Labute approximate surface area is 57.0 Å². The van der Waals surface area contributed by atoms with Gasteiger partial charge in [0.05, 0.1) is 18.6 Å². The van der Waals surface area contributed by atoms with E-state index in [0.717, 1.165) is 11.0 Å². The predicted octanol–water partition coefficient (Wildman–Crippen LogP) is 0.220. The van der Waals surface area contributed by atoms with Crippen molar-refractivity contribution in [2.45, 2.75) is 0 Å². The molecule has 0 N–H and O–H groups in total. The van der Waals surface area contributed by atoms with Gasteiger partial charge in [-0.3, -0.25) is 4.98 Å². The molecule has 4 heteroatoms. The van der Waals surface area contributed by atoms with Crippen molar-refractivity contribution >= 4 is 11.0 Å². The molecule has 0 saturated carbocycles. The van der Waals surface area contributed by atoms with Gasteiger partial charge in [-0.15, -0.1) is 0 Å². The zero-order valence-corrected chi connectivity index (χ0v) is 5.02. The predicted molar refractivity (Wildman–Crippen MR) is 34.0 cm³/mol. The van der Waals surface area contributed by atoms with Gasteiger partial charge in [-0.25, -0.2) is 4.98 Å². The lowest BCUT2D eigenvalue weighted by Gasteiger charge is -1.88. The molecule has 47 valence electrons. The largest absolute Gasteiger partial charge is 0.251 e. The van der Waals surface area contributed by atoms with E-state index in [1.165, 1.54) is 6.20 Å². The molecule has 0 amide bonds. The third-order valence-corrected chi connectivity index (χ3v) is 1.14. The molecule has 4 nitrogen and oxygen atoms in total. The number of fused-ring (bicyclic) bond motifs is 1. The minimum Gasteiger partial charge on any atom is -0.251 e. The van der Waals surface area contributed by atoms with Crippen LogP contribution in [0.15, 0.2) is 18.6 Å². The molecule has 10 heavy (non-hydrogen) atoms. The molecule has 0 aliphatic heterocycles. The smallest absolute Gasteiger partial charge is 0.111 e. The molecule has 2 heterocycles. The Morgan fingerprint density at radius 2 is 1.90 bits per heavy atom. The molecule has 0 aliphatic rings. The molecule has 0 fully saturated rings.